The third-order valence-corrected chi connectivity index (χ3v) is 3.57. The van der Waals surface area contributed by atoms with Gasteiger partial charge >= 0.3 is 0 Å². The second-order valence-corrected chi connectivity index (χ2v) is 5.07. The molecule has 1 heterocycles. The first-order chi connectivity index (χ1) is 10.4. The largest absolute Gasteiger partial charge is 0.371 e. The predicted molar refractivity (Wildman–Crippen MR) is 87.3 cm³/mol. The third kappa shape index (κ3) is 3.06. The van der Waals surface area contributed by atoms with Crippen molar-refractivity contribution in [1.82, 2.24) is 4.57 Å². The molecule has 0 aliphatic heterocycles. The summed E-state index contributed by atoms with van der Waals surface area (Å²) in [4.78, 5) is 0. The first-order valence-corrected chi connectivity index (χ1v) is 7.18. The van der Waals surface area contributed by atoms with Crippen LogP contribution in [0.1, 0.15) is 11.3 Å². The smallest absolute Gasteiger partial charge is 0.0872 e. The molecule has 2 heteroatoms. The first kappa shape index (κ1) is 13.7. The van der Waals surface area contributed by atoms with Crippen LogP contribution in [0.4, 0.5) is 0 Å². The number of fused-ring (bicyclic) bond motifs is 1. The van der Waals surface area contributed by atoms with Gasteiger partial charge in [0.05, 0.1) is 13.2 Å². The summed E-state index contributed by atoms with van der Waals surface area (Å²) in [5.74, 6) is 0. The summed E-state index contributed by atoms with van der Waals surface area (Å²) < 4.78 is 7.97. The highest BCUT2D eigenvalue weighted by Gasteiger charge is 2.08. The average molecular weight is 277 g/mol. The van der Waals surface area contributed by atoms with Crippen LogP contribution in [0.2, 0.25) is 0 Å². The molecule has 3 aromatic rings. The number of aromatic nitrogens is 1. The molecule has 0 N–H and O–H groups in total. The molecule has 0 aliphatic carbocycles. The van der Waals surface area contributed by atoms with Crippen molar-refractivity contribution in [2.75, 3.05) is 6.61 Å². The number of hydrogen-bond donors (Lipinski definition) is 0. The van der Waals surface area contributed by atoms with Crippen molar-refractivity contribution < 1.29 is 4.74 Å². The van der Waals surface area contributed by atoms with E-state index in [2.05, 4.69) is 65.7 Å². The molecule has 0 bridgehead atoms. The minimum absolute atomic E-state index is 0.576. The quantitative estimate of drug-likeness (QED) is 0.481. The molecule has 0 fully saturated rings. The van der Waals surface area contributed by atoms with Gasteiger partial charge in [-0.2, -0.15) is 0 Å². The van der Waals surface area contributed by atoms with Crippen LogP contribution >= 0.6 is 0 Å². The van der Waals surface area contributed by atoms with Gasteiger partial charge in [-0.1, -0.05) is 54.6 Å². The number of rotatable bonds is 6. The van der Waals surface area contributed by atoms with Crippen LogP contribution in [-0.2, 0) is 17.9 Å². The van der Waals surface area contributed by atoms with Crippen LogP contribution in [0.5, 0.6) is 0 Å². The number of para-hydroxylation sites is 1. The van der Waals surface area contributed by atoms with Crippen molar-refractivity contribution >= 4 is 10.9 Å². The summed E-state index contributed by atoms with van der Waals surface area (Å²) in [6.07, 6.45) is 1.78. The van der Waals surface area contributed by atoms with E-state index in [0.717, 1.165) is 6.54 Å². The van der Waals surface area contributed by atoms with Crippen molar-refractivity contribution in [1.29, 1.82) is 0 Å². The SMILES string of the molecule is C=CCOCc1cc2ccccc2n1Cc1ccccc1. The highest BCUT2D eigenvalue weighted by Crippen LogP contribution is 2.22. The van der Waals surface area contributed by atoms with Crippen molar-refractivity contribution in [3.63, 3.8) is 0 Å². The highest BCUT2D eigenvalue weighted by molar-refractivity contribution is 5.81. The zero-order valence-electron chi connectivity index (χ0n) is 12.0. The average Bonchev–Trinajstić information content (AvgIpc) is 2.87. The van der Waals surface area contributed by atoms with Gasteiger partial charge in [0.15, 0.2) is 0 Å². The summed E-state index contributed by atoms with van der Waals surface area (Å²) in [6, 6.07) is 21.2. The van der Waals surface area contributed by atoms with Gasteiger partial charge in [-0.3, -0.25) is 0 Å². The minimum atomic E-state index is 0.576. The number of hydrogen-bond acceptors (Lipinski definition) is 1. The summed E-state index contributed by atoms with van der Waals surface area (Å²) in [5, 5.41) is 1.26. The molecular formula is C19H19NO. The van der Waals surface area contributed by atoms with E-state index in [4.69, 9.17) is 4.74 Å². The lowest BCUT2D eigenvalue weighted by Crippen LogP contribution is -2.06. The van der Waals surface area contributed by atoms with Crippen LogP contribution in [0.15, 0.2) is 73.3 Å². The van der Waals surface area contributed by atoms with E-state index in [0.29, 0.717) is 13.2 Å². The van der Waals surface area contributed by atoms with Crippen LogP contribution < -0.4 is 0 Å². The zero-order chi connectivity index (χ0) is 14.5. The van der Waals surface area contributed by atoms with E-state index in [1.54, 1.807) is 6.08 Å². The molecule has 2 nitrogen and oxygen atoms in total. The second kappa shape index (κ2) is 6.42. The van der Waals surface area contributed by atoms with Gasteiger partial charge in [0.1, 0.15) is 0 Å². The van der Waals surface area contributed by atoms with Crippen molar-refractivity contribution in [3.8, 4) is 0 Å². The third-order valence-electron chi connectivity index (χ3n) is 3.57. The molecule has 0 spiro atoms. The fourth-order valence-corrected chi connectivity index (χ4v) is 2.59. The number of nitrogens with zero attached hydrogens (tertiary/aromatic N) is 1. The molecule has 0 atom stereocenters. The molecular weight excluding hydrogens is 258 g/mol. The van der Waals surface area contributed by atoms with Gasteiger partial charge in [0.2, 0.25) is 0 Å². The van der Waals surface area contributed by atoms with Gasteiger partial charge in [-0.25, -0.2) is 0 Å². The first-order valence-electron chi connectivity index (χ1n) is 7.18. The standard InChI is InChI=1S/C19H19NO/c1-2-12-21-15-18-13-17-10-6-7-11-19(17)20(18)14-16-8-4-3-5-9-16/h2-11,13H,1,12,14-15H2. The molecule has 106 valence electrons. The van der Waals surface area contributed by atoms with Gasteiger partial charge in [-0.15, -0.1) is 6.58 Å². The lowest BCUT2D eigenvalue weighted by molar-refractivity contribution is 0.143. The van der Waals surface area contributed by atoms with Crippen molar-refractivity contribution in [2.24, 2.45) is 0 Å². The summed E-state index contributed by atoms with van der Waals surface area (Å²) in [7, 11) is 0. The lowest BCUT2D eigenvalue weighted by atomic mass is 10.2. The van der Waals surface area contributed by atoms with Crippen LogP contribution in [0.3, 0.4) is 0 Å². The maximum atomic E-state index is 5.64. The van der Waals surface area contributed by atoms with Gasteiger partial charge in [-0.05, 0) is 23.1 Å². The predicted octanol–water partition coefficient (Wildman–Crippen LogP) is 4.39. The lowest BCUT2D eigenvalue weighted by Gasteiger charge is -2.11. The molecule has 0 unspecified atom stereocenters. The fraction of sp³-hybridized carbons (Fsp3) is 0.158. The van der Waals surface area contributed by atoms with E-state index in [-0.39, 0.29) is 0 Å². The Bertz CT molecular complexity index is 728. The maximum absolute atomic E-state index is 5.64. The van der Waals surface area contributed by atoms with Crippen LogP contribution in [0.25, 0.3) is 10.9 Å². The molecule has 1 aromatic heterocycles. The van der Waals surface area contributed by atoms with E-state index in [1.165, 1.54) is 22.2 Å². The van der Waals surface area contributed by atoms with Gasteiger partial charge in [0, 0.05) is 17.8 Å². The van der Waals surface area contributed by atoms with Crippen LogP contribution in [0, 0.1) is 0 Å². The van der Waals surface area contributed by atoms with E-state index in [1.807, 2.05) is 6.07 Å². The topological polar surface area (TPSA) is 14.2 Å². The second-order valence-electron chi connectivity index (χ2n) is 5.07. The summed E-state index contributed by atoms with van der Waals surface area (Å²) in [6.45, 7) is 5.74. The molecule has 0 saturated carbocycles. The van der Waals surface area contributed by atoms with Crippen molar-refractivity contribution in [3.05, 3.63) is 84.6 Å². The number of ether oxygens (including phenoxy) is 1. The Morgan fingerprint density at radius 2 is 1.76 bits per heavy atom. The monoisotopic (exact) mass is 277 g/mol. The highest BCUT2D eigenvalue weighted by atomic mass is 16.5. The minimum Gasteiger partial charge on any atom is -0.371 e. The number of benzene rings is 2. The fourth-order valence-electron chi connectivity index (χ4n) is 2.59. The normalized spacial score (nSPS) is 10.9. The van der Waals surface area contributed by atoms with E-state index >= 15 is 0 Å². The van der Waals surface area contributed by atoms with E-state index in [9.17, 15) is 0 Å². The Balaban J connectivity index is 1.96. The van der Waals surface area contributed by atoms with Crippen molar-refractivity contribution in [2.45, 2.75) is 13.2 Å². The Morgan fingerprint density at radius 3 is 2.57 bits per heavy atom. The Labute approximate surface area is 125 Å². The molecule has 0 amide bonds. The van der Waals surface area contributed by atoms with E-state index < -0.39 is 0 Å². The maximum Gasteiger partial charge on any atom is 0.0872 e. The molecule has 0 aliphatic rings. The molecule has 21 heavy (non-hydrogen) atoms. The van der Waals surface area contributed by atoms with Gasteiger partial charge in [0.25, 0.3) is 0 Å². The summed E-state index contributed by atoms with van der Waals surface area (Å²) >= 11 is 0. The summed E-state index contributed by atoms with van der Waals surface area (Å²) in [5.41, 5.74) is 3.74. The Kier molecular flexibility index (Phi) is 4.17. The van der Waals surface area contributed by atoms with Crippen LogP contribution in [-0.4, -0.2) is 11.2 Å². The molecule has 2 aromatic carbocycles. The Hall–Kier alpha value is -2.32. The van der Waals surface area contributed by atoms with Gasteiger partial charge < -0.3 is 9.30 Å². The molecule has 3 rings (SSSR count). The zero-order valence-corrected chi connectivity index (χ0v) is 12.0. The Morgan fingerprint density at radius 1 is 1.00 bits per heavy atom. The molecule has 0 radical (unpaired) electrons. The molecule has 0 saturated heterocycles.